The minimum atomic E-state index is -0.414. The predicted molar refractivity (Wildman–Crippen MR) is 152 cm³/mol. The van der Waals surface area contributed by atoms with Crippen LogP contribution in [0.2, 0.25) is 5.02 Å². The van der Waals surface area contributed by atoms with Crippen molar-refractivity contribution in [2.75, 3.05) is 12.4 Å². The average Bonchev–Trinajstić information content (AvgIpc) is 3.29. The van der Waals surface area contributed by atoms with Gasteiger partial charge in [-0.2, -0.15) is 0 Å². The number of benzene rings is 3. The molecule has 39 heavy (non-hydrogen) atoms. The third-order valence-corrected chi connectivity index (χ3v) is 6.94. The first-order valence-electron chi connectivity index (χ1n) is 12.5. The second kappa shape index (κ2) is 10.4. The van der Waals surface area contributed by atoms with Gasteiger partial charge in [0.1, 0.15) is 22.8 Å². The van der Waals surface area contributed by atoms with Gasteiger partial charge in [-0.05, 0) is 63.1 Å². The van der Waals surface area contributed by atoms with E-state index in [0.717, 1.165) is 29.0 Å². The van der Waals surface area contributed by atoms with E-state index in [1.54, 1.807) is 62.6 Å². The van der Waals surface area contributed by atoms with Gasteiger partial charge in [-0.25, -0.2) is 0 Å². The van der Waals surface area contributed by atoms with Crippen LogP contribution in [0.3, 0.4) is 0 Å². The number of nitrogens with one attached hydrogen (secondary N) is 2. The highest BCUT2D eigenvalue weighted by Crippen LogP contribution is 2.33. The number of halogens is 1. The fourth-order valence-corrected chi connectivity index (χ4v) is 5.01. The second-order valence-corrected chi connectivity index (χ2v) is 10.5. The molecule has 7 nitrogen and oxygen atoms in total. The number of methoxy groups -OCH3 is 1. The summed E-state index contributed by atoms with van der Waals surface area (Å²) < 4.78 is 10.7. The molecule has 1 aliphatic rings. The predicted octanol–water partition coefficient (Wildman–Crippen LogP) is 6.71. The highest BCUT2D eigenvalue weighted by atomic mass is 35.5. The maximum atomic E-state index is 13.4. The van der Waals surface area contributed by atoms with Crippen molar-refractivity contribution in [1.29, 1.82) is 0 Å². The Kier molecular flexibility index (Phi) is 7.02. The smallest absolute Gasteiger partial charge is 0.261 e. The zero-order chi connectivity index (χ0) is 27.7. The minimum Gasteiger partial charge on any atom is -0.497 e. The van der Waals surface area contributed by atoms with Gasteiger partial charge in [-0.15, -0.1) is 0 Å². The van der Waals surface area contributed by atoms with Crippen molar-refractivity contribution in [3.05, 3.63) is 106 Å². The van der Waals surface area contributed by atoms with Gasteiger partial charge in [-0.1, -0.05) is 53.2 Å². The summed E-state index contributed by atoms with van der Waals surface area (Å²) in [7, 11) is 1.62. The first kappa shape index (κ1) is 26.3. The van der Waals surface area contributed by atoms with Crippen LogP contribution in [0.15, 0.2) is 77.3 Å². The molecule has 0 atom stereocenters. The summed E-state index contributed by atoms with van der Waals surface area (Å²) >= 11 is 6.34. The molecule has 0 aliphatic carbocycles. The molecule has 198 valence electrons. The number of ether oxygens (including phenoxy) is 1. The number of nitrogens with zero attached hydrogens (tertiary/aromatic N) is 1. The fraction of sp³-hybridized carbons (Fsp3) is 0.194. The highest BCUT2D eigenvalue weighted by Gasteiger charge is 2.28. The number of rotatable bonds is 6. The molecule has 0 spiro atoms. The Morgan fingerprint density at radius 1 is 1.08 bits per heavy atom. The van der Waals surface area contributed by atoms with Gasteiger partial charge in [0.25, 0.3) is 5.91 Å². The van der Waals surface area contributed by atoms with E-state index in [9.17, 15) is 9.59 Å². The van der Waals surface area contributed by atoms with Gasteiger partial charge in [0.05, 0.1) is 12.1 Å². The van der Waals surface area contributed by atoms with E-state index in [2.05, 4.69) is 29.6 Å². The van der Waals surface area contributed by atoms with Gasteiger partial charge >= 0.3 is 0 Å². The van der Waals surface area contributed by atoms with Crippen molar-refractivity contribution < 1.29 is 18.8 Å². The molecule has 1 aliphatic heterocycles. The quantitative estimate of drug-likeness (QED) is 0.208. The van der Waals surface area contributed by atoms with E-state index in [1.165, 1.54) is 0 Å². The molecule has 0 fully saturated rings. The first-order chi connectivity index (χ1) is 18.6. The number of amides is 1. The normalized spacial score (nSPS) is 14.8. The van der Waals surface area contributed by atoms with E-state index >= 15 is 0 Å². The molecule has 2 heterocycles. The molecular weight excluding hydrogens is 514 g/mol. The Labute approximate surface area is 231 Å². The molecular formula is C31H28ClN3O4. The monoisotopic (exact) mass is 541 g/mol. The summed E-state index contributed by atoms with van der Waals surface area (Å²) in [6, 6.07) is 19.8. The second-order valence-electron chi connectivity index (χ2n) is 10.1. The van der Waals surface area contributed by atoms with Gasteiger partial charge in [0, 0.05) is 39.7 Å². The summed E-state index contributed by atoms with van der Waals surface area (Å²) in [5.41, 5.74) is 4.70. The van der Waals surface area contributed by atoms with E-state index in [0.29, 0.717) is 33.3 Å². The van der Waals surface area contributed by atoms with E-state index in [-0.39, 0.29) is 16.9 Å². The Morgan fingerprint density at radius 2 is 1.87 bits per heavy atom. The zero-order valence-corrected chi connectivity index (χ0v) is 22.8. The summed E-state index contributed by atoms with van der Waals surface area (Å²) in [5, 5.41) is 10.9. The summed E-state index contributed by atoms with van der Waals surface area (Å²) in [6.07, 6.45) is 2.41. The van der Waals surface area contributed by atoms with E-state index in [4.69, 9.17) is 20.9 Å². The van der Waals surface area contributed by atoms with Gasteiger partial charge in [-0.3, -0.25) is 9.59 Å². The number of allylic oxidation sites excluding steroid dienone is 1. The Morgan fingerprint density at radius 3 is 2.64 bits per heavy atom. The molecule has 0 saturated carbocycles. The van der Waals surface area contributed by atoms with E-state index in [1.807, 2.05) is 24.3 Å². The summed E-state index contributed by atoms with van der Waals surface area (Å²) in [4.78, 5) is 26.7. The van der Waals surface area contributed by atoms with Crippen molar-refractivity contribution >= 4 is 34.7 Å². The number of aromatic nitrogens is 1. The number of ketones is 1. The molecule has 0 bridgehead atoms. The number of carbonyl (C=O) groups excluding carboxylic acids is 2. The fourth-order valence-electron chi connectivity index (χ4n) is 4.79. The molecule has 1 amide bonds. The minimum absolute atomic E-state index is 0.196. The van der Waals surface area contributed by atoms with Gasteiger partial charge in [0.2, 0.25) is 0 Å². The Bertz CT molecular complexity index is 1620. The summed E-state index contributed by atoms with van der Waals surface area (Å²) in [6.45, 7) is 5.86. The van der Waals surface area contributed by atoms with Crippen LogP contribution in [0.25, 0.3) is 17.0 Å². The average molecular weight is 542 g/mol. The molecule has 0 saturated heterocycles. The van der Waals surface area contributed by atoms with Crippen LogP contribution in [0.4, 0.5) is 5.69 Å². The van der Waals surface area contributed by atoms with Crippen LogP contribution in [-0.4, -0.2) is 29.5 Å². The number of aryl methyl sites for hydroxylation is 1. The van der Waals surface area contributed by atoms with Gasteiger partial charge in [0.15, 0.2) is 5.78 Å². The lowest BCUT2D eigenvalue weighted by Gasteiger charge is -2.35. The first-order valence-corrected chi connectivity index (χ1v) is 12.9. The lowest BCUT2D eigenvalue weighted by molar-refractivity contribution is 0.102. The largest absolute Gasteiger partial charge is 0.497 e. The molecule has 0 unspecified atom stereocenters. The van der Waals surface area contributed by atoms with Crippen LogP contribution in [0, 0.1) is 6.92 Å². The Hall–Kier alpha value is -4.36. The molecule has 1 aromatic heterocycles. The standard InChI is InChI=1S/C31H28ClN3O4/c1-18-28(29(35-39-18)23-10-5-6-11-25(23)32)30(37)33-21-9-7-8-19(14-21)27(36)16-26-24-15-22(38-4)13-12-20(24)17-31(2,3)34-26/h5-16,34H,17H2,1-4H3,(H,33,37)/b26-16-. The molecule has 2 N–H and O–H groups in total. The molecule has 3 aromatic carbocycles. The summed E-state index contributed by atoms with van der Waals surface area (Å²) in [5.74, 6) is 0.472. The Balaban J connectivity index is 1.42. The maximum Gasteiger partial charge on any atom is 0.261 e. The van der Waals surface area contributed by atoms with Crippen molar-refractivity contribution in [2.24, 2.45) is 0 Å². The number of anilines is 1. The van der Waals surface area contributed by atoms with Crippen molar-refractivity contribution in [3.8, 4) is 17.0 Å². The number of hydrogen-bond donors (Lipinski definition) is 2. The van der Waals surface area contributed by atoms with Crippen molar-refractivity contribution in [2.45, 2.75) is 32.7 Å². The lowest BCUT2D eigenvalue weighted by atomic mass is 9.85. The molecule has 8 heteroatoms. The van der Waals surface area contributed by atoms with Crippen LogP contribution in [0.1, 0.15) is 51.5 Å². The lowest BCUT2D eigenvalue weighted by Crippen LogP contribution is -2.43. The van der Waals surface area contributed by atoms with Gasteiger partial charge < -0.3 is 19.9 Å². The maximum absolute atomic E-state index is 13.4. The number of hydrogen-bond acceptors (Lipinski definition) is 6. The topological polar surface area (TPSA) is 93.5 Å². The third-order valence-electron chi connectivity index (χ3n) is 6.61. The number of carbonyl (C=O) groups is 2. The molecule has 5 rings (SSSR count). The van der Waals surface area contributed by atoms with Crippen LogP contribution in [0.5, 0.6) is 5.75 Å². The van der Waals surface area contributed by atoms with Crippen molar-refractivity contribution in [1.82, 2.24) is 10.5 Å². The van der Waals surface area contributed by atoms with Crippen LogP contribution >= 0.6 is 11.6 Å². The number of fused-ring (bicyclic) bond motifs is 1. The van der Waals surface area contributed by atoms with Crippen molar-refractivity contribution in [3.63, 3.8) is 0 Å². The third kappa shape index (κ3) is 5.45. The molecule has 4 aromatic rings. The zero-order valence-electron chi connectivity index (χ0n) is 22.1. The SMILES string of the molecule is COc1ccc2c(c1)/C(=C/C(=O)c1cccc(NC(=O)c3c(-c4ccccc4Cl)noc3C)c1)NC(C)(C)C2. The van der Waals surface area contributed by atoms with E-state index < -0.39 is 5.91 Å². The van der Waals surface area contributed by atoms with Crippen LogP contribution < -0.4 is 15.4 Å². The highest BCUT2D eigenvalue weighted by molar-refractivity contribution is 6.33. The van der Waals surface area contributed by atoms with Crippen LogP contribution in [-0.2, 0) is 6.42 Å². The molecule has 0 radical (unpaired) electrons.